The topological polar surface area (TPSA) is 38.7 Å². The molecule has 0 amide bonds. The minimum absolute atomic E-state index is 0.0723. The lowest BCUT2D eigenvalue weighted by molar-refractivity contribution is -0.0698. The zero-order valence-corrected chi connectivity index (χ0v) is 9.99. The molecule has 1 aromatic carbocycles. The summed E-state index contributed by atoms with van der Waals surface area (Å²) in [5, 5.41) is 9.90. The Morgan fingerprint density at radius 1 is 1.41 bits per heavy atom. The largest absolute Gasteiger partial charge is 0.393 e. The second kappa shape index (κ2) is 5.78. The van der Waals surface area contributed by atoms with Crippen LogP contribution in [0.4, 0.5) is 4.39 Å². The van der Waals surface area contributed by atoms with Crippen LogP contribution in [0.25, 0.3) is 0 Å². The second-order valence-corrected chi connectivity index (χ2v) is 4.42. The third kappa shape index (κ3) is 3.64. The summed E-state index contributed by atoms with van der Waals surface area (Å²) in [6.45, 7) is 1.14. The maximum Gasteiger partial charge on any atom is 0.160 e. The van der Waals surface area contributed by atoms with Crippen LogP contribution in [-0.4, -0.2) is 30.7 Å². The molecule has 0 radical (unpaired) electrons. The number of aliphatic hydroxyl groups is 1. The fourth-order valence-electron chi connectivity index (χ4n) is 1.79. The molecule has 3 nitrogen and oxygen atoms in total. The lowest BCUT2D eigenvalue weighted by Crippen LogP contribution is -2.20. The molecule has 5 heteroatoms. The van der Waals surface area contributed by atoms with Crippen molar-refractivity contribution in [3.63, 3.8) is 0 Å². The molecule has 0 bridgehead atoms. The number of halogens is 2. The van der Waals surface area contributed by atoms with Gasteiger partial charge in [-0.1, -0.05) is 17.7 Å². The van der Waals surface area contributed by atoms with Gasteiger partial charge in [0.15, 0.2) is 6.29 Å². The van der Waals surface area contributed by atoms with E-state index in [9.17, 15) is 9.50 Å². The second-order valence-electron chi connectivity index (χ2n) is 4.01. The van der Waals surface area contributed by atoms with Gasteiger partial charge in [0.2, 0.25) is 0 Å². The number of ether oxygens (including phenoxy) is 2. The van der Waals surface area contributed by atoms with Gasteiger partial charge in [-0.2, -0.15) is 0 Å². The van der Waals surface area contributed by atoms with Crippen LogP contribution in [0, 0.1) is 5.82 Å². The maximum atomic E-state index is 12.9. The first-order valence-electron chi connectivity index (χ1n) is 5.50. The van der Waals surface area contributed by atoms with E-state index in [1.54, 1.807) is 6.07 Å². The summed E-state index contributed by atoms with van der Waals surface area (Å²) in [7, 11) is 0. The number of aliphatic hydroxyl groups excluding tert-OH is 1. The molecular formula is C12H14ClFO3. The molecule has 1 aromatic rings. The van der Waals surface area contributed by atoms with E-state index in [-0.39, 0.29) is 11.3 Å². The summed E-state index contributed by atoms with van der Waals surface area (Å²) >= 11 is 5.66. The van der Waals surface area contributed by atoms with E-state index in [4.69, 9.17) is 21.1 Å². The minimum Gasteiger partial charge on any atom is -0.393 e. The van der Waals surface area contributed by atoms with Gasteiger partial charge in [-0.05, 0) is 24.1 Å². The highest BCUT2D eigenvalue weighted by Gasteiger charge is 2.20. The number of hydrogen-bond acceptors (Lipinski definition) is 3. The van der Waals surface area contributed by atoms with Crippen LogP contribution in [0.1, 0.15) is 12.0 Å². The van der Waals surface area contributed by atoms with E-state index in [0.717, 1.165) is 5.56 Å². The van der Waals surface area contributed by atoms with Gasteiger partial charge in [-0.15, -0.1) is 0 Å². The Balaban J connectivity index is 1.88. The Bertz CT molecular complexity index is 380. The normalized spacial score (nSPS) is 18.5. The Kier molecular flexibility index (Phi) is 4.34. The molecule has 1 unspecified atom stereocenters. The summed E-state index contributed by atoms with van der Waals surface area (Å²) in [5.41, 5.74) is 0.793. The lowest BCUT2D eigenvalue weighted by atomic mass is 10.1. The molecule has 1 N–H and O–H groups in total. The van der Waals surface area contributed by atoms with E-state index in [1.165, 1.54) is 12.1 Å². The van der Waals surface area contributed by atoms with Crippen LogP contribution in [0.5, 0.6) is 0 Å². The van der Waals surface area contributed by atoms with Crippen molar-refractivity contribution in [1.29, 1.82) is 0 Å². The van der Waals surface area contributed by atoms with Gasteiger partial charge >= 0.3 is 0 Å². The minimum atomic E-state index is -0.584. The summed E-state index contributed by atoms with van der Waals surface area (Å²) in [6, 6.07) is 4.43. The molecule has 0 saturated carbocycles. The average Bonchev–Trinajstić information content (AvgIpc) is 2.76. The standard InChI is InChI=1S/C12H14ClFO3/c13-10-6-8(1-2-11(10)14)5-9(15)7-12-16-3-4-17-12/h1-2,6,9,12,15H,3-5,7H2. The molecule has 94 valence electrons. The van der Waals surface area contributed by atoms with E-state index in [1.807, 2.05) is 0 Å². The number of benzene rings is 1. The monoisotopic (exact) mass is 260 g/mol. The van der Waals surface area contributed by atoms with Crippen molar-refractivity contribution in [2.75, 3.05) is 13.2 Å². The molecule has 1 atom stereocenters. The van der Waals surface area contributed by atoms with Gasteiger partial charge in [0.25, 0.3) is 0 Å². The van der Waals surface area contributed by atoms with Crippen molar-refractivity contribution in [2.24, 2.45) is 0 Å². The third-order valence-electron chi connectivity index (χ3n) is 2.61. The molecule has 0 spiro atoms. The SMILES string of the molecule is OC(Cc1ccc(F)c(Cl)c1)CC1OCCO1. The van der Waals surface area contributed by atoms with Crippen molar-refractivity contribution >= 4 is 11.6 Å². The van der Waals surface area contributed by atoms with Crippen LogP contribution in [0.2, 0.25) is 5.02 Å². The molecule has 1 aliphatic heterocycles. The molecule has 0 aliphatic carbocycles. The van der Waals surface area contributed by atoms with Crippen molar-refractivity contribution < 1.29 is 19.0 Å². The van der Waals surface area contributed by atoms with Crippen molar-refractivity contribution in [3.8, 4) is 0 Å². The van der Waals surface area contributed by atoms with Crippen molar-refractivity contribution in [3.05, 3.63) is 34.6 Å². The molecular weight excluding hydrogens is 247 g/mol. The molecule has 1 saturated heterocycles. The summed E-state index contributed by atoms with van der Waals surface area (Å²) in [4.78, 5) is 0. The fourth-order valence-corrected chi connectivity index (χ4v) is 1.99. The Morgan fingerprint density at radius 2 is 2.12 bits per heavy atom. The van der Waals surface area contributed by atoms with Gasteiger partial charge in [-0.25, -0.2) is 4.39 Å². The number of hydrogen-bond donors (Lipinski definition) is 1. The van der Waals surface area contributed by atoms with Gasteiger partial charge in [-0.3, -0.25) is 0 Å². The molecule has 1 fully saturated rings. The van der Waals surface area contributed by atoms with Gasteiger partial charge in [0.1, 0.15) is 5.82 Å². The molecule has 0 aromatic heterocycles. The van der Waals surface area contributed by atoms with E-state index in [0.29, 0.717) is 26.1 Å². The van der Waals surface area contributed by atoms with Crippen LogP contribution in [0.15, 0.2) is 18.2 Å². The highest BCUT2D eigenvalue weighted by atomic mass is 35.5. The summed E-state index contributed by atoms with van der Waals surface area (Å²) in [5.74, 6) is -0.452. The zero-order chi connectivity index (χ0) is 12.3. The summed E-state index contributed by atoms with van der Waals surface area (Å²) in [6.07, 6.45) is -0.0985. The molecule has 1 heterocycles. The summed E-state index contributed by atoms with van der Waals surface area (Å²) < 4.78 is 23.4. The smallest absolute Gasteiger partial charge is 0.160 e. The van der Waals surface area contributed by atoms with Crippen molar-refractivity contribution in [1.82, 2.24) is 0 Å². The van der Waals surface area contributed by atoms with Crippen LogP contribution < -0.4 is 0 Å². The zero-order valence-electron chi connectivity index (χ0n) is 9.23. The Hall–Kier alpha value is -0.680. The highest BCUT2D eigenvalue weighted by molar-refractivity contribution is 6.30. The molecule has 2 rings (SSSR count). The van der Waals surface area contributed by atoms with E-state index in [2.05, 4.69) is 0 Å². The average molecular weight is 261 g/mol. The first kappa shape index (κ1) is 12.8. The Morgan fingerprint density at radius 3 is 2.76 bits per heavy atom. The predicted octanol–water partition coefficient (Wildman–Crippen LogP) is 2.15. The van der Waals surface area contributed by atoms with Gasteiger partial charge < -0.3 is 14.6 Å². The van der Waals surface area contributed by atoms with E-state index >= 15 is 0 Å². The molecule has 17 heavy (non-hydrogen) atoms. The quantitative estimate of drug-likeness (QED) is 0.902. The highest BCUT2D eigenvalue weighted by Crippen LogP contribution is 2.19. The van der Waals surface area contributed by atoms with Crippen LogP contribution >= 0.6 is 11.6 Å². The van der Waals surface area contributed by atoms with Crippen molar-refractivity contribution in [2.45, 2.75) is 25.2 Å². The first-order chi connectivity index (χ1) is 8.15. The third-order valence-corrected chi connectivity index (χ3v) is 2.90. The predicted molar refractivity (Wildman–Crippen MR) is 61.4 cm³/mol. The molecule has 1 aliphatic rings. The van der Waals surface area contributed by atoms with Crippen LogP contribution in [-0.2, 0) is 15.9 Å². The van der Waals surface area contributed by atoms with Gasteiger partial charge in [0, 0.05) is 6.42 Å². The Labute approximate surface area is 104 Å². The number of rotatable bonds is 4. The first-order valence-corrected chi connectivity index (χ1v) is 5.88. The fraction of sp³-hybridized carbons (Fsp3) is 0.500. The van der Waals surface area contributed by atoms with Crippen LogP contribution in [0.3, 0.4) is 0 Å². The maximum absolute atomic E-state index is 12.9. The van der Waals surface area contributed by atoms with Gasteiger partial charge in [0.05, 0.1) is 24.3 Å². The van der Waals surface area contributed by atoms with E-state index < -0.39 is 11.9 Å². The lowest BCUT2D eigenvalue weighted by Gasteiger charge is -2.14.